The van der Waals surface area contributed by atoms with Crippen LogP contribution in [-0.2, 0) is 14.3 Å². The number of ketones is 2. The first kappa shape index (κ1) is 25.9. The molecule has 7 nitrogen and oxygen atoms in total. The highest BCUT2D eigenvalue weighted by Crippen LogP contribution is 2.66. The molecule has 0 bridgehead atoms. The van der Waals surface area contributed by atoms with Crippen LogP contribution < -0.4 is 14.8 Å². The third kappa shape index (κ3) is 3.56. The maximum atomic E-state index is 14.8. The lowest BCUT2D eigenvalue weighted by Gasteiger charge is -2.39. The van der Waals surface area contributed by atoms with Crippen LogP contribution in [0.3, 0.4) is 0 Å². The van der Waals surface area contributed by atoms with Crippen molar-refractivity contribution in [3.05, 3.63) is 71.8 Å². The number of hydrogen-bond donors (Lipinski definition) is 1. The van der Waals surface area contributed by atoms with Crippen molar-refractivity contribution in [3.8, 4) is 11.5 Å². The minimum Gasteiger partial charge on any atom is -0.497 e. The van der Waals surface area contributed by atoms with E-state index in [1.165, 1.54) is 7.11 Å². The summed E-state index contributed by atoms with van der Waals surface area (Å²) in [4.78, 5) is 42.5. The lowest BCUT2D eigenvalue weighted by atomic mass is 9.59. The summed E-state index contributed by atoms with van der Waals surface area (Å²) < 4.78 is 16.3. The first-order valence-electron chi connectivity index (χ1n) is 12.7. The molecule has 198 valence electrons. The Morgan fingerprint density at radius 2 is 1.50 bits per heavy atom. The van der Waals surface area contributed by atoms with Gasteiger partial charge in [0.2, 0.25) is 0 Å². The van der Waals surface area contributed by atoms with Crippen molar-refractivity contribution in [1.29, 1.82) is 0 Å². The van der Waals surface area contributed by atoms with Crippen molar-refractivity contribution < 1.29 is 28.6 Å². The number of ether oxygens (including phenoxy) is 3. The number of esters is 1. The zero-order valence-corrected chi connectivity index (χ0v) is 22.6. The summed E-state index contributed by atoms with van der Waals surface area (Å²) in [6.07, 6.45) is 0.156. The molecule has 0 aromatic heterocycles. The monoisotopic (exact) mass is 515 g/mol. The van der Waals surface area contributed by atoms with Gasteiger partial charge in [0, 0.05) is 24.0 Å². The van der Waals surface area contributed by atoms with Crippen molar-refractivity contribution in [3.63, 3.8) is 0 Å². The second-order valence-corrected chi connectivity index (χ2v) is 11.2. The van der Waals surface area contributed by atoms with Crippen LogP contribution in [0.5, 0.6) is 11.5 Å². The number of carbonyl (C=O) groups excluding carboxylic acids is 3. The van der Waals surface area contributed by atoms with E-state index in [4.69, 9.17) is 14.2 Å². The summed E-state index contributed by atoms with van der Waals surface area (Å²) in [5.41, 5.74) is -2.49. The van der Waals surface area contributed by atoms with Crippen LogP contribution in [0.2, 0.25) is 0 Å². The number of fused-ring (bicyclic) bond motifs is 2. The standard InChI is InChI=1S/C31H33NO6/c1-29(2)17-24(33)31(26(34)20-12-11-18-9-7-8-10-19(18)13-20)25(32-30(3,27(29)31)28(35)38-6)21-14-22(36-4)16-23(15-21)37-5/h7-16,25,27,32H,17H2,1-6H3/t25-,27?,30-,31+/m0/s1. The molecule has 5 rings (SSSR count). The average molecular weight is 516 g/mol. The maximum Gasteiger partial charge on any atom is 0.326 e. The van der Waals surface area contributed by atoms with Crippen LogP contribution >= 0.6 is 0 Å². The molecule has 3 aromatic rings. The lowest BCUT2D eigenvalue weighted by Crippen LogP contribution is -2.55. The first-order valence-corrected chi connectivity index (χ1v) is 12.7. The van der Waals surface area contributed by atoms with Gasteiger partial charge < -0.3 is 14.2 Å². The Morgan fingerprint density at radius 1 is 0.868 bits per heavy atom. The molecule has 0 radical (unpaired) electrons. The Hall–Kier alpha value is -3.71. The van der Waals surface area contributed by atoms with Gasteiger partial charge in [0.1, 0.15) is 28.2 Å². The molecule has 7 heteroatoms. The van der Waals surface area contributed by atoms with Gasteiger partial charge in [-0.05, 0) is 46.9 Å². The van der Waals surface area contributed by atoms with E-state index in [1.807, 2.05) is 50.2 Å². The molecular formula is C31H33NO6. The fourth-order valence-corrected chi connectivity index (χ4v) is 7.19. The summed E-state index contributed by atoms with van der Waals surface area (Å²) in [7, 11) is 4.41. The topological polar surface area (TPSA) is 90.9 Å². The van der Waals surface area contributed by atoms with Crippen molar-refractivity contribution in [2.45, 2.75) is 38.8 Å². The second-order valence-electron chi connectivity index (χ2n) is 11.2. The Kier molecular flexibility index (Phi) is 6.10. The van der Waals surface area contributed by atoms with Crippen molar-refractivity contribution in [2.75, 3.05) is 21.3 Å². The normalized spacial score (nSPS) is 27.7. The van der Waals surface area contributed by atoms with Gasteiger partial charge in [-0.3, -0.25) is 19.7 Å². The number of rotatable bonds is 6. The van der Waals surface area contributed by atoms with E-state index >= 15 is 0 Å². The van der Waals surface area contributed by atoms with Crippen LogP contribution in [0.15, 0.2) is 60.7 Å². The average Bonchev–Trinajstić information content (AvgIpc) is 3.35. The molecule has 1 saturated carbocycles. The molecule has 1 aliphatic heterocycles. The summed E-state index contributed by atoms with van der Waals surface area (Å²) in [5, 5.41) is 5.32. The van der Waals surface area contributed by atoms with Crippen LogP contribution in [0.25, 0.3) is 10.8 Å². The van der Waals surface area contributed by atoms with Gasteiger partial charge in [-0.1, -0.05) is 50.2 Å². The fraction of sp³-hybridized carbons (Fsp3) is 0.387. The highest BCUT2D eigenvalue weighted by molar-refractivity contribution is 6.19. The van der Waals surface area contributed by atoms with Crippen LogP contribution in [-0.4, -0.2) is 44.4 Å². The summed E-state index contributed by atoms with van der Waals surface area (Å²) in [5.74, 6) is -0.667. The number of methoxy groups -OCH3 is 3. The summed E-state index contributed by atoms with van der Waals surface area (Å²) in [6.45, 7) is 5.63. The Morgan fingerprint density at radius 3 is 2.11 bits per heavy atom. The Balaban J connectivity index is 1.81. The molecule has 2 fully saturated rings. The number of carbonyl (C=O) groups is 3. The van der Waals surface area contributed by atoms with Gasteiger partial charge >= 0.3 is 5.97 Å². The number of hydrogen-bond acceptors (Lipinski definition) is 7. The van der Waals surface area contributed by atoms with E-state index in [0.29, 0.717) is 22.6 Å². The third-order valence-electron chi connectivity index (χ3n) is 8.50. The van der Waals surface area contributed by atoms with Gasteiger partial charge in [0.25, 0.3) is 0 Å². The van der Waals surface area contributed by atoms with E-state index in [-0.39, 0.29) is 18.0 Å². The van der Waals surface area contributed by atoms with Gasteiger partial charge in [-0.15, -0.1) is 0 Å². The van der Waals surface area contributed by atoms with Crippen molar-refractivity contribution in [2.24, 2.45) is 16.7 Å². The van der Waals surface area contributed by atoms with Crippen LogP contribution in [0, 0.1) is 16.7 Å². The molecule has 1 heterocycles. The molecule has 38 heavy (non-hydrogen) atoms. The number of benzene rings is 3. The number of Topliss-reactive ketones (excluding diaryl/α,β-unsaturated/α-hetero) is 2. The fourth-order valence-electron chi connectivity index (χ4n) is 7.19. The van der Waals surface area contributed by atoms with Crippen LogP contribution in [0.4, 0.5) is 0 Å². The van der Waals surface area contributed by atoms with Gasteiger partial charge in [-0.2, -0.15) is 0 Å². The minimum atomic E-state index is -1.56. The molecule has 0 amide bonds. The highest BCUT2D eigenvalue weighted by atomic mass is 16.5. The Bertz CT molecular complexity index is 1440. The Labute approximate surface area is 222 Å². The minimum absolute atomic E-state index is 0.156. The lowest BCUT2D eigenvalue weighted by molar-refractivity contribution is -0.151. The van der Waals surface area contributed by atoms with Gasteiger partial charge in [0.05, 0.1) is 27.4 Å². The smallest absolute Gasteiger partial charge is 0.326 e. The van der Waals surface area contributed by atoms with E-state index in [2.05, 4.69) is 5.32 Å². The van der Waals surface area contributed by atoms with Gasteiger partial charge in [0.15, 0.2) is 5.78 Å². The maximum absolute atomic E-state index is 14.8. The van der Waals surface area contributed by atoms with E-state index < -0.39 is 34.3 Å². The molecule has 1 saturated heterocycles. The largest absolute Gasteiger partial charge is 0.497 e. The second kappa shape index (κ2) is 8.95. The molecular weight excluding hydrogens is 482 g/mol. The molecule has 4 atom stereocenters. The molecule has 3 aromatic carbocycles. The van der Waals surface area contributed by atoms with Crippen molar-refractivity contribution in [1.82, 2.24) is 5.32 Å². The van der Waals surface area contributed by atoms with Crippen molar-refractivity contribution >= 4 is 28.3 Å². The molecule has 1 unspecified atom stereocenters. The zero-order valence-electron chi connectivity index (χ0n) is 22.6. The molecule has 0 spiro atoms. The molecule has 1 N–H and O–H groups in total. The highest BCUT2D eigenvalue weighted by Gasteiger charge is 2.77. The summed E-state index contributed by atoms with van der Waals surface area (Å²) >= 11 is 0. The van der Waals surface area contributed by atoms with E-state index in [9.17, 15) is 14.4 Å². The SMILES string of the molecule is COC(=O)[C@@]1(C)N[C@@H](c2cc(OC)cc(OC)c2)[C@@]2(C(=O)c3ccc4ccccc4c3)C(=O)CC(C)(C)C21. The molecule has 2 aliphatic rings. The van der Waals surface area contributed by atoms with E-state index in [0.717, 1.165) is 10.8 Å². The van der Waals surface area contributed by atoms with E-state index in [1.54, 1.807) is 45.4 Å². The number of nitrogens with one attached hydrogen (secondary N) is 1. The quantitative estimate of drug-likeness (QED) is 0.283. The predicted octanol–water partition coefficient (Wildman–Crippen LogP) is 4.92. The van der Waals surface area contributed by atoms with Crippen LogP contribution in [0.1, 0.15) is 49.2 Å². The zero-order chi connectivity index (χ0) is 27.5. The summed E-state index contributed by atoms with van der Waals surface area (Å²) in [6, 6.07) is 17.7. The molecule has 1 aliphatic carbocycles. The predicted molar refractivity (Wildman–Crippen MR) is 143 cm³/mol. The first-order chi connectivity index (χ1) is 18.0. The van der Waals surface area contributed by atoms with Gasteiger partial charge in [-0.25, -0.2) is 0 Å². The third-order valence-corrected chi connectivity index (χ3v) is 8.50.